The predicted octanol–water partition coefficient (Wildman–Crippen LogP) is 2.15. The van der Waals surface area contributed by atoms with E-state index in [-0.39, 0.29) is 11.5 Å². The molecule has 17 heavy (non-hydrogen) atoms. The summed E-state index contributed by atoms with van der Waals surface area (Å²) in [5.74, 6) is -0.367. The van der Waals surface area contributed by atoms with Crippen molar-refractivity contribution in [2.24, 2.45) is 11.1 Å². The standard InChI is InChI=1S/C13H16FNO2/c1-2-17-11-4-3-9(7-10(11)14)12(16)13(8-15)5-6-13/h3-4,7H,2,5-6,8,15H2,1H3. The van der Waals surface area contributed by atoms with Crippen LogP contribution in [-0.2, 0) is 0 Å². The maximum Gasteiger partial charge on any atom is 0.170 e. The summed E-state index contributed by atoms with van der Waals surface area (Å²) in [6, 6.07) is 4.34. The van der Waals surface area contributed by atoms with Gasteiger partial charge in [-0.2, -0.15) is 0 Å². The number of ether oxygens (including phenoxy) is 1. The summed E-state index contributed by atoms with van der Waals surface area (Å²) in [6.45, 7) is 2.52. The van der Waals surface area contributed by atoms with Crippen LogP contribution >= 0.6 is 0 Å². The first-order chi connectivity index (χ1) is 8.13. The number of hydrogen-bond donors (Lipinski definition) is 1. The van der Waals surface area contributed by atoms with E-state index in [1.807, 2.05) is 0 Å². The van der Waals surface area contributed by atoms with Crippen molar-refractivity contribution in [2.75, 3.05) is 13.2 Å². The second kappa shape index (κ2) is 4.45. The number of Topliss-reactive ketones (excluding diaryl/α,β-unsaturated/α-hetero) is 1. The fourth-order valence-electron chi connectivity index (χ4n) is 1.90. The number of rotatable bonds is 5. The normalized spacial score (nSPS) is 16.6. The van der Waals surface area contributed by atoms with E-state index in [2.05, 4.69) is 0 Å². The largest absolute Gasteiger partial charge is 0.491 e. The van der Waals surface area contributed by atoms with Gasteiger partial charge in [0, 0.05) is 17.5 Å². The highest BCUT2D eigenvalue weighted by Crippen LogP contribution is 2.47. The number of carbonyl (C=O) groups is 1. The summed E-state index contributed by atoms with van der Waals surface area (Å²) in [4.78, 5) is 12.1. The lowest BCUT2D eigenvalue weighted by atomic mass is 9.95. The zero-order valence-electron chi connectivity index (χ0n) is 9.83. The third-order valence-corrected chi connectivity index (χ3v) is 3.22. The molecule has 1 fully saturated rings. The Bertz CT molecular complexity index is 441. The zero-order valence-corrected chi connectivity index (χ0v) is 9.83. The molecule has 92 valence electrons. The van der Waals surface area contributed by atoms with Crippen LogP contribution in [0, 0.1) is 11.2 Å². The lowest BCUT2D eigenvalue weighted by Gasteiger charge is -2.12. The smallest absolute Gasteiger partial charge is 0.170 e. The zero-order chi connectivity index (χ0) is 12.5. The van der Waals surface area contributed by atoms with Crippen LogP contribution in [-0.4, -0.2) is 18.9 Å². The number of ketones is 1. The van der Waals surface area contributed by atoms with E-state index in [0.717, 1.165) is 12.8 Å². The molecule has 1 aliphatic carbocycles. The Kier molecular flexibility index (Phi) is 3.15. The minimum Gasteiger partial charge on any atom is -0.491 e. The van der Waals surface area contributed by atoms with Gasteiger partial charge in [-0.25, -0.2) is 4.39 Å². The molecule has 0 aromatic heterocycles. The van der Waals surface area contributed by atoms with E-state index in [1.165, 1.54) is 12.1 Å². The average Bonchev–Trinajstić information content (AvgIpc) is 3.12. The summed E-state index contributed by atoms with van der Waals surface area (Å²) >= 11 is 0. The van der Waals surface area contributed by atoms with Crippen molar-refractivity contribution in [2.45, 2.75) is 19.8 Å². The molecule has 0 bridgehead atoms. The summed E-state index contributed by atoms with van der Waals surface area (Å²) in [5.41, 5.74) is 5.54. The predicted molar refractivity (Wildman–Crippen MR) is 62.6 cm³/mol. The summed E-state index contributed by atoms with van der Waals surface area (Å²) in [5, 5.41) is 0. The number of benzene rings is 1. The molecule has 0 aliphatic heterocycles. The van der Waals surface area contributed by atoms with Gasteiger partial charge in [0.05, 0.1) is 6.61 Å². The van der Waals surface area contributed by atoms with Crippen LogP contribution in [0.15, 0.2) is 18.2 Å². The van der Waals surface area contributed by atoms with Crippen LogP contribution < -0.4 is 10.5 Å². The van der Waals surface area contributed by atoms with Gasteiger partial charge in [0.15, 0.2) is 17.3 Å². The number of carbonyl (C=O) groups excluding carboxylic acids is 1. The third kappa shape index (κ3) is 2.17. The van der Waals surface area contributed by atoms with Crippen molar-refractivity contribution in [3.63, 3.8) is 0 Å². The van der Waals surface area contributed by atoms with Crippen LogP contribution in [0.25, 0.3) is 0 Å². The van der Waals surface area contributed by atoms with Crippen LogP contribution in [0.5, 0.6) is 5.75 Å². The van der Waals surface area contributed by atoms with E-state index in [4.69, 9.17) is 10.5 Å². The van der Waals surface area contributed by atoms with Crippen molar-refractivity contribution in [1.82, 2.24) is 0 Å². The van der Waals surface area contributed by atoms with E-state index in [1.54, 1.807) is 13.0 Å². The van der Waals surface area contributed by atoms with Gasteiger partial charge in [-0.3, -0.25) is 4.79 Å². The average molecular weight is 237 g/mol. The van der Waals surface area contributed by atoms with Crippen molar-refractivity contribution in [3.05, 3.63) is 29.6 Å². The molecule has 0 amide bonds. The molecule has 1 saturated carbocycles. The highest BCUT2D eigenvalue weighted by molar-refractivity contribution is 6.02. The molecule has 0 unspecified atom stereocenters. The van der Waals surface area contributed by atoms with E-state index in [0.29, 0.717) is 18.7 Å². The van der Waals surface area contributed by atoms with Crippen molar-refractivity contribution in [3.8, 4) is 5.75 Å². The first-order valence-electron chi connectivity index (χ1n) is 5.80. The van der Waals surface area contributed by atoms with Crippen molar-refractivity contribution in [1.29, 1.82) is 0 Å². The van der Waals surface area contributed by atoms with Gasteiger partial charge in [-0.15, -0.1) is 0 Å². The first-order valence-corrected chi connectivity index (χ1v) is 5.80. The molecule has 2 rings (SSSR count). The van der Waals surface area contributed by atoms with Crippen molar-refractivity contribution < 1.29 is 13.9 Å². The van der Waals surface area contributed by atoms with Gasteiger partial charge < -0.3 is 10.5 Å². The van der Waals surface area contributed by atoms with Gasteiger partial charge >= 0.3 is 0 Å². The summed E-state index contributed by atoms with van der Waals surface area (Å²) in [6.07, 6.45) is 1.61. The molecule has 3 nitrogen and oxygen atoms in total. The fourth-order valence-corrected chi connectivity index (χ4v) is 1.90. The highest BCUT2D eigenvalue weighted by Gasteiger charge is 2.48. The Hall–Kier alpha value is -1.42. The number of hydrogen-bond acceptors (Lipinski definition) is 3. The minimum atomic E-state index is -0.495. The highest BCUT2D eigenvalue weighted by atomic mass is 19.1. The second-order valence-corrected chi connectivity index (χ2v) is 4.39. The maximum absolute atomic E-state index is 13.6. The molecule has 2 N–H and O–H groups in total. The Morgan fingerprint density at radius 1 is 1.53 bits per heavy atom. The van der Waals surface area contributed by atoms with Crippen LogP contribution in [0.2, 0.25) is 0 Å². The molecule has 1 aromatic rings. The van der Waals surface area contributed by atoms with Crippen LogP contribution in [0.1, 0.15) is 30.1 Å². The van der Waals surface area contributed by atoms with Crippen LogP contribution in [0.4, 0.5) is 4.39 Å². The molecule has 0 atom stereocenters. The topological polar surface area (TPSA) is 52.3 Å². The lowest BCUT2D eigenvalue weighted by Crippen LogP contribution is -2.25. The van der Waals surface area contributed by atoms with Gasteiger partial charge in [0.2, 0.25) is 0 Å². The van der Waals surface area contributed by atoms with Gasteiger partial charge in [-0.1, -0.05) is 0 Å². The van der Waals surface area contributed by atoms with E-state index >= 15 is 0 Å². The molecule has 1 aliphatic rings. The number of halogens is 1. The Balaban J connectivity index is 2.23. The Morgan fingerprint density at radius 2 is 2.24 bits per heavy atom. The van der Waals surface area contributed by atoms with Gasteiger partial charge in [0.25, 0.3) is 0 Å². The minimum absolute atomic E-state index is 0.0538. The molecule has 0 radical (unpaired) electrons. The summed E-state index contributed by atoms with van der Waals surface area (Å²) in [7, 11) is 0. The maximum atomic E-state index is 13.6. The number of nitrogens with two attached hydrogens (primary N) is 1. The molecule has 0 saturated heterocycles. The molecule has 1 aromatic carbocycles. The summed E-state index contributed by atoms with van der Waals surface area (Å²) < 4.78 is 18.7. The van der Waals surface area contributed by atoms with Gasteiger partial charge in [-0.05, 0) is 38.0 Å². The molecule has 4 heteroatoms. The first kappa shape index (κ1) is 12.0. The van der Waals surface area contributed by atoms with Gasteiger partial charge in [0.1, 0.15) is 0 Å². The molecule has 0 spiro atoms. The molecular formula is C13H16FNO2. The SMILES string of the molecule is CCOc1ccc(C(=O)C2(CN)CC2)cc1F. The lowest BCUT2D eigenvalue weighted by molar-refractivity contribution is 0.0905. The second-order valence-electron chi connectivity index (χ2n) is 4.39. The third-order valence-electron chi connectivity index (χ3n) is 3.22. The Labute approximate surface area is 99.8 Å². The van der Waals surface area contributed by atoms with Crippen molar-refractivity contribution >= 4 is 5.78 Å². The quantitative estimate of drug-likeness (QED) is 0.798. The van der Waals surface area contributed by atoms with E-state index < -0.39 is 11.2 Å². The van der Waals surface area contributed by atoms with Crippen LogP contribution in [0.3, 0.4) is 0 Å². The Morgan fingerprint density at radius 3 is 2.71 bits per heavy atom. The molecular weight excluding hydrogens is 221 g/mol. The monoisotopic (exact) mass is 237 g/mol. The molecule has 0 heterocycles. The fraction of sp³-hybridized carbons (Fsp3) is 0.462. The van der Waals surface area contributed by atoms with E-state index in [9.17, 15) is 9.18 Å².